The van der Waals surface area contributed by atoms with Crippen molar-refractivity contribution in [3.05, 3.63) is 34.8 Å². The van der Waals surface area contributed by atoms with Crippen molar-refractivity contribution in [2.45, 2.75) is 13.8 Å². The van der Waals surface area contributed by atoms with Crippen LogP contribution in [0.2, 0.25) is 0 Å². The van der Waals surface area contributed by atoms with Crippen LogP contribution < -0.4 is 5.32 Å². The van der Waals surface area contributed by atoms with Crippen molar-refractivity contribution in [1.82, 2.24) is 4.98 Å². The number of halogens is 1. The highest BCUT2D eigenvalue weighted by Gasteiger charge is 2.11. The van der Waals surface area contributed by atoms with E-state index in [4.69, 9.17) is 5.11 Å². The number of amides is 1. The molecule has 6 heteroatoms. The van der Waals surface area contributed by atoms with E-state index in [1.807, 2.05) is 26.0 Å². The Kier molecular flexibility index (Phi) is 4.69. The molecule has 2 N–H and O–H groups in total. The topological polar surface area (TPSA) is 62.2 Å². The van der Waals surface area contributed by atoms with Crippen LogP contribution >= 0.6 is 23.7 Å². The van der Waals surface area contributed by atoms with Crippen molar-refractivity contribution in [1.29, 1.82) is 0 Å². The number of para-hydroxylation sites is 1. The van der Waals surface area contributed by atoms with Gasteiger partial charge in [0.05, 0.1) is 11.4 Å². The molecule has 0 fully saturated rings. The van der Waals surface area contributed by atoms with Crippen LogP contribution in [0.1, 0.15) is 10.6 Å². The highest BCUT2D eigenvalue weighted by molar-refractivity contribution is 7.15. The molecular formula is C12H13ClN2O2S. The third-order valence-corrected chi connectivity index (χ3v) is 3.53. The van der Waals surface area contributed by atoms with Gasteiger partial charge in [0.1, 0.15) is 5.01 Å². The maximum atomic E-state index is 10.7. The number of rotatable bonds is 2. The fourth-order valence-corrected chi connectivity index (χ4v) is 2.44. The van der Waals surface area contributed by atoms with Gasteiger partial charge in [-0.2, -0.15) is 0 Å². The third-order valence-electron chi connectivity index (χ3n) is 2.43. The van der Waals surface area contributed by atoms with Crippen LogP contribution in [0, 0.1) is 13.8 Å². The van der Waals surface area contributed by atoms with Gasteiger partial charge in [-0.25, -0.2) is 9.78 Å². The zero-order chi connectivity index (χ0) is 12.4. The molecule has 0 aliphatic carbocycles. The van der Waals surface area contributed by atoms with Crippen molar-refractivity contribution in [3.8, 4) is 10.6 Å². The Bertz CT molecular complexity index is 549. The summed E-state index contributed by atoms with van der Waals surface area (Å²) in [6.45, 7) is 3.95. The molecule has 0 saturated carbocycles. The number of benzene rings is 1. The lowest BCUT2D eigenvalue weighted by Gasteiger charge is -2.05. The zero-order valence-corrected chi connectivity index (χ0v) is 11.6. The maximum absolute atomic E-state index is 10.7. The van der Waals surface area contributed by atoms with Gasteiger partial charge in [0.15, 0.2) is 0 Å². The van der Waals surface area contributed by atoms with Gasteiger partial charge in [-0.3, -0.25) is 5.32 Å². The van der Waals surface area contributed by atoms with Crippen molar-refractivity contribution in [2.24, 2.45) is 0 Å². The predicted molar refractivity (Wildman–Crippen MR) is 75.9 cm³/mol. The molecule has 18 heavy (non-hydrogen) atoms. The smallest absolute Gasteiger partial charge is 0.409 e. The fraction of sp³-hybridized carbons (Fsp3) is 0.167. The fourth-order valence-electron chi connectivity index (χ4n) is 1.48. The number of hydrogen-bond acceptors (Lipinski definition) is 3. The zero-order valence-electron chi connectivity index (χ0n) is 9.93. The lowest BCUT2D eigenvalue weighted by molar-refractivity contribution is 0.210. The molecule has 96 valence electrons. The second-order valence-electron chi connectivity index (χ2n) is 3.64. The average Bonchev–Trinajstić information content (AvgIpc) is 2.59. The Morgan fingerprint density at radius 3 is 2.56 bits per heavy atom. The molecule has 0 aliphatic heterocycles. The number of nitrogens with zero attached hydrogens (tertiary/aromatic N) is 1. The molecule has 1 aromatic heterocycles. The summed E-state index contributed by atoms with van der Waals surface area (Å²) in [5, 5.41) is 12.0. The summed E-state index contributed by atoms with van der Waals surface area (Å²) in [4.78, 5) is 16.3. The van der Waals surface area contributed by atoms with Gasteiger partial charge >= 0.3 is 6.09 Å². The van der Waals surface area contributed by atoms with E-state index >= 15 is 0 Å². The summed E-state index contributed by atoms with van der Waals surface area (Å²) in [5.74, 6) is 0. The van der Waals surface area contributed by atoms with Crippen molar-refractivity contribution >= 4 is 35.5 Å². The molecule has 0 aliphatic rings. The molecule has 0 radical (unpaired) electrons. The number of thiazole rings is 1. The average molecular weight is 285 g/mol. The van der Waals surface area contributed by atoms with Gasteiger partial charge in [0.2, 0.25) is 0 Å². The molecule has 0 atom stereocenters. The van der Waals surface area contributed by atoms with E-state index in [1.54, 1.807) is 23.5 Å². The number of aromatic nitrogens is 1. The molecule has 2 rings (SSSR count). The van der Waals surface area contributed by atoms with Gasteiger partial charge in [-0.05, 0) is 26.0 Å². The molecule has 4 nitrogen and oxygen atoms in total. The largest absolute Gasteiger partial charge is 0.465 e. The summed E-state index contributed by atoms with van der Waals surface area (Å²) in [6, 6.07) is 7.26. The number of carbonyl (C=O) groups is 1. The summed E-state index contributed by atoms with van der Waals surface area (Å²) < 4.78 is 0. The molecule has 0 unspecified atom stereocenters. The second-order valence-corrected chi connectivity index (χ2v) is 4.84. The number of aryl methyl sites for hydroxylation is 2. The standard InChI is InChI=1S/C12H12N2O2S.ClH/c1-7-8(2)17-11(13-7)9-5-3-4-6-10(9)14-12(15)16;/h3-6,14H,1-2H3,(H,15,16);1H. The Morgan fingerprint density at radius 1 is 1.33 bits per heavy atom. The Hall–Kier alpha value is -1.59. The van der Waals surface area contributed by atoms with E-state index in [-0.39, 0.29) is 12.4 Å². The Morgan fingerprint density at radius 2 is 2.00 bits per heavy atom. The molecule has 1 aromatic carbocycles. The van der Waals surface area contributed by atoms with E-state index in [1.165, 1.54) is 0 Å². The SMILES string of the molecule is Cc1nc(-c2ccccc2NC(=O)O)sc1C.Cl. The van der Waals surface area contributed by atoms with Crippen LogP contribution in [0.3, 0.4) is 0 Å². The van der Waals surface area contributed by atoms with Gasteiger partial charge < -0.3 is 5.11 Å². The van der Waals surface area contributed by atoms with Crippen molar-refractivity contribution in [3.63, 3.8) is 0 Å². The normalized spacial score (nSPS) is 9.67. The molecule has 1 amide bonds. The minimum atomic E-state index is -1.07. The van der Waals surface area contributed by atoms with E-state index in [9.17, 15) is 4.79 Å². The first-order valence-electron chi connectivity index (χ1n) is 5.11. The quantitative estimate of drug-likeness (QED) is 0.878. The number of nitrogens with one attached hydrogen (secondary N) is 1. The molecule has 1 heterocycles. The summed E-state index contributed by atoms with van der Waals surface area (Å²) in [7, 11) is 0. The van der Waals surface area contributed by atoms with Crippen LogP contribution in [-0.4, -0.2) is 16.2 Å². The molecule has 2 aromatic rings. The Balaban J connectivity index is 0.00000162. The third kappa shape index (κ3) is 3.00. The van der Waals surface area contributed by atoms with Gasteiger partial charge in [0, 0.05) is 10.4 Å². The minimum absolute atomic E-state index is 0. The van der Waals surface area contributed by atoms with Gasteiger partial charge in [-0.15, -0.1) is 23.7 Å². The second kappa shape index (κ2) is 5.84. The van der Waals surface area contributed by atoms with E-state index in [0.29, 0.717) is 5.69 Å². The monoisotopic (exact) mass is 284 g/mol. The van der Waals surface area contributed by atoms with Crippen LogP contribution in [-0.2, 0) is 0 Å². The van der Waals surface area contributed by atoms with Crippen molar-refractivity contribution in [2.75, 3.05) is 5.32 Å². The van der Waals surface area contributed by atoms with Gasteiger partial charge in [0.25, 0.3) is 0 Å². The van der Waals surface area contributed by atoms with E-state index in [0.717, 1.165) is 21.1 Å². The van der Waals surface area contributed by atoms with Crippen molar-refractivity contribution < 1.29 is 9.90 Å². The van der Waals surface area contributed by atoms with Crippen LogP contribution in [0.4, 0.5) is 10.5 Å². The van der Waals surface area contributed by atoms with Gasteiger partial charge in [-0.1, -0.05) is 12.1 Å². The maximum Gasteiger partial charge on any atom is 0.409 e. The summed E-state index contributed by atoms with van der Waals surface area (Å²) in [5.41, 5.74) is 2.36. The highest BCUT2D eigenvalue weighted by Crippen LogP contribution is 2.32. The lowest BCUT2D eigenvalue weighted by atomic mass is 10.2. The number of anilines is 1. The van der Waals surface area contributed by atoms with E-state index < -0.39 is 6.09 Å². The molecule has 0 bridgehead atoms. The highest BCUT2D eigenvalue weighted by atomic mass is 35.5. The molecule has 0 spiro atoms. The Labute approximate surface area is 115 Å². The minimum Gasteiger partial charge on any atom is -0.465 e. The summed E-state index contributed by atoms with van der Waals surface area (Å²) in [6.07, 6.45) is -1.07. The summed E-state index contributed by atoms with van der Waals surface area (Å²) >= 11 is 1.56. The van der Waals surface area contributed by atoms with Crippen LogP contribution in [0.5, 0.6) is 0 Å². The number of carboxylic acid groups (broad SMARTS) is 1. The first kappa shape index (κ1) is 14.5. The van der Waals surface area contributed by atoms with Crippen LogP contribution in [0.15, 0.2) is 24.3 Å². The van der Waals surface area contributed by atoms with Crippen LogP contribution in [0.25, 0.3) is 10.6 Å². The molecule has 0 saturated heterocycles. The number of hydrogen-bond donors (Lipinski definition) is 2. The van der Waals surface area contributed by atoms with E-state index in [2.05, 4.69) is 10.3 Å². The first-order chi connectivity index (χ1) is 8.08. The lowest BCUT2D eigenvalue weighted by Crippen LogP contribution is -2.08. The predicted octanol–water partition coefficient (Wildman–Crippen LogP) is 3.94. The first-order valence-corrected chi connectivity index (χ1v) is 5.93. The molecular weight excluding hydrogens is 272 g/mol.